The van der Waals surface area contributed by atoms with Crippen LogP contribution in [0.1, 0.15) is 51.5 Å². The third-order valence-corrected chi connectivity index (χ3v) is 4.08. The zero-order valence-corrected chi connectivity index (χ0v) is 15.7. The minimum absolute atomic E-state index is 0.147. The number of rotatable bonds is 7. The summed E-state index contributed by atoms with van der Waals surface area (Å²) in [6.07, 6.45) is -1.20. The van der Waals surface area contributed by atoms with Crippen LogP contribution in [0.25, 0.3) is 0 Å². The topological polar surface area (TPSA) is 85.5 Å². The standard InChI is InChI=1S/C20H22FNO5/c1-5-26-20(25)17-11(2)18(22-12(17)3)19(24)13(4)27-16(23)10-14-7-6-8-15(21)9-14/h6-9,13,22H,5,10H2,1-4H3/t13-/m1/s1. The highest BCUT2D eigenvalue weighted by atomic mass is 19.1. The molecule has 0 aliphatic carbocycles. The van der Waals surface area contributed by atoms with Crippen molar-refractivity contribution in [3.8, 4) is 0 Å². The number of aromatic amines is 1. The van der Waals surface area contributed by atoms with E-state index in [1.165, 1.54) is 25.1 Å². The predicted molar refractivity (Wildman–Crippen MR) is 96.2 cm³/mol. The maximum atomic E-state index is 13.2. The molecule has 6 nitrogen and oxygen atoms in total. The highest BCUT2D eigenvalue weighted by Gasteiger charge is 2.27. The first-order chi connectivity index (χ1) is 12.7. The zero-order valence-electron chi connectivity index (χ0n) is 15.7. The van der Waals surface area contributed by atoms with Crippen molar-refractivity contribution in [1.82, 2.24) is 4.98 Å². The number of ether oxygens (including phenoxy) is 2. The summed E-state index contributed by atoms with van der Waals surface area (Å²) in [6.45, 7) is 6.66. The number of aryl methyl sites for hydroxylation is 1. The van der Waals surface area contributed by atoms with Crippen LogP contribution in [0.3, 0.4) is 0 Å². The van der Waals surface area contributed by atoms with Crippen molar-refractivity contribution in [3.63, 3.8) is 0 Å². The number of hydrogen-bond donors (Lipinski definition) is 1. The summed E-state index contributed by atoms with van der Waals surface area (Å²) in [6, 6.07) is 5.60. The van der Waals surface area contributed by atoms with E-state index in [9.17, 15) is 18.8 Å². The molecule has 0 radical (unpaired) electrons. The zero-order chi connectivity index (χ0) is 20.1. The number of benzene rings is 1. The van der Waals surface area contributed by atoms with Gasteiger partial charge in [0.15, 0.2) is 6.10 Å². The third-order valence-electron chi connectivity index (χ3n) is 4.08. The van der Waals surface area contributed by atoms with Crippen molar-refractivity contribution in [2.24, 2.45) is 0 Å². The Bertz CT molecular complexity index is 871. The Morgan fingerprint density at radius 2 is 1.93 bits per heavy atom. The fraction of sp³-hybridized carbons (Fsp3) is 0.350. The third kappa shape index (κ3) is 4.81. The van der Waals surface area contributed by atoms with Gasteiger partial charge in [0.1, 0.15) is 5.82 Å². The molecule has 0 aliphatic heterocycles. The van der Waals surface area contributed by atoms with Gasteiger partial charge in [0.2, 0.25) is 5.78 Å². The van der Waals surface area contributed by atoms with E-state index >= 15 is 0 Å². The maximum Gasteiger partial charge on any atom is 0.340 e. The van der Waals surface area contributed by atoms with Crippen molar-refractivity contribution < 1.29 is 28.2 Å². The van der Waals surface area contributed by atoms with Gasteiger partial charge in [-0.15, -0.1) is 0 Å². The number of carbonyl (C=O) groups excluding carboxylic acids is 3. The Morgan fingerprint density at radius 1 is 1.22 bits per heavy atom. The lowest BCUT2D eigenvalue weighted by atomic mass is 10.1. The normalized spacial score (nSPS) is 11.7. The second-order valence-corrected chi connectivity index (χ2v) is 6.15. The number of carbonyl (C=O) groups is 3. The molecule has 0 spiro atoms. The van der Waals surface area contributed by atoms with Crippen LogP contribution in [-0.2, 0) is 20.7 Å². The average Bonchev–Trinajstić information content (AvgIpc) is 2.88. The molecule has 1 heterocycles. The molecule has 2 rings (SSSR count). The van der Waals surface area contributed by atoms with E-state index in [-0.39, 0.29) is 18.7 Å². The lowest BCUT2D eigenvalue weighted by molar-refractivity contribution is -0.145. The quantitative estimate of drug-likeness (QED) is 0.593. The molecule has 0 amide bonds. The van der Waals surface area contributed by atoms with E-state index in [0.717, 1.165) is 0 Å². The minimum Gasteiger partial charge on any atom is -0.462 e. The summed E-state index contributed by atoms with van der Waals surface area (Å²) >= 11 is 0. The predicted octanol–water partition coefficient (Wildman–Crippen LogP) is 3.30. The summed E-state index contributed by atoms with van der Waals surface area (Å²) in [5.74, 6) is -2.07. The van der Waals surface area contributed by atoms with Gasteiger partial charge in [-0.05, 0) is 51.0 Å². The molecule has 2 aromatic rings. The summed E-state index contributed by atoms with van der Waals surface area (Å²) in [5, 5.41) is 0. The smallest absolute Gasteiger partial charge is 0.340 e. The van der Waals surface area contributed by atoms with Gasteiger partial charge >= 0.3 is 11.9 Å². The maximum absolute atomic E-state index is 13.2. The molecular weight excluding hydrogens is 353 g/mol. The van der Waals surface area contributed by atoms with Crippen LogP contribution in [0, 0.1) is 19.7 Å². The van der Waals surface area contributed by atoms with E-state index < -0.39 is 29.6 Å². The lowest BCUT2D eigenvalue weighted by Gasteiger charge is -2.12. The number of nitrogens with one attached hydrogen (secondary N) is 1. The van der Waals surface area contributed by atoms with Gasteiger partial charge in [-0.1, -0.05) is 12.1 Å². The molecule has 7 heteroatoms. The average molecular weight is 375 g/mol. The van der Waals surface area contributed by atoms with E-state index in [1.807, 2.05) is 0 Å². The first kappa shape index (κ1) is 20.4. The second-order valence-electron chi connectivity index (χ2n) is 6.15. The molecule has 144 valence electrons. The summed E-state index contributed by atoms with van der Waals surface area (Å²) in [4.78, 5) is 39.6. The Hall–Kier alpha value is -2.96. The highest BCUT2D eigenvalue weighted by Crippen LogP contribution is 2.21. The van der Waals surface area contributed by atoms with Crippen LogP contribution in [0.2, 0.25) is 0 Å². The lowest BCUT2D eigenvalue weighted by Crippen LogP contribution is -2.26. The van der Waals surface area contributed by atoms with Gasteiger partial charge in [-0.3, -0.25) is 9.59 Å². The van der Waals surface area contributed by atoms with E-state index in [0.29, 0.717) is 22.4 Å². The van der Waals surface area contributed by atoms with Crippen molar-refractivity contribution in [2.75, 3.05) is 6.61 Å². The fourth-order valence-corrected chi connectivity index (χ4v) is 2.82. The summed E-state index contributed by atoms with van der Waals surface area (Å²) in [5.41, 5.74) is 1.91. The highest BCUT2D eigenvalue weighted by molar-refractivity contribution is 6.04. The number of Topliss-reactive ketones (excluding diaryl/α,β-unsaturated/α-hetero) is 1. The van der Waals surface area contributed by atoms with E-state index in [4.69, 9.17) is 9.47 Å². The second kappa shape index (κ2) is 8.62. The number of ketones is 1. The SMILES string of the molecule is CCOC(=O)c1c(C)[nH]c(C(=O)[C@@H](C)OC(=O)Cc2cccc(F)c2)c1C. The molecule has 0 bridgehead atoms. The van der Waals surface area contributed by atoms with Crippen molar-refractivity contribution in [2.45, 2.75) is 40.2 Å². The van der Waals surface area contributed by atoms with Gasteiger partial charge in [0.05, 0.1) is 24.3 Å². The van der Waals surface area contributed by atoms with Crippen LogP contribution < -0.4 is 0 Å². The van der Waals surface area contributed by atoms with Crippen LogP contribution >= 0.6 is 0 Å². The van der Waals surface area contributed by atoms with Crippen LogP contribution in [0.5, 0.6) is 0 Å². The molecule has 0 saturated heterocycles. The van der Waals surface area contributed by atoms with Crippen molar-refractivity contribution in [3.05, 3.63) is 58.2 Å². The molecule has 1 aromatic carbocycles. The van der Waals surface area contributed by atoms with Gasteiger partial charge in [-0.2, -0.15) is 0 Å². The van der Waals surface area contributed by atoms with Gasteiger partial charge in [-0.25, -0.2) is 9.18 Å². The molecule has 0 aliphatic rings. The molecule has 0 saturated carbocycles. The Morgan fingerprint density at radius 3 is 2.56 bits per heavy atom. The monoisotopic (exact) mass is 375 g/mol. The number of H-pyrrole nitrogens is 1. The van der Waals surface area contributed by atoms with Crippen LogP contribution in [0.15, 0.2) is 24.3 Å². The largest absolute Gasteiger partial charge is 0.462 e. The first-order valence-electron chi connectivity index (χ1n) is 8.59. The van der Waals surface area contributed by atoms with E-state index in [1.54, 1.807) is 26.8 Å². The molecule has 0 fully saturated rings. The molecule has 0 unspecified atom stereocenters. The number of aromatic nitrogens is 1. The first-order valence-corrected chi connectivity index (χ1v) is 8.59. The van der Waals surface area contributed by atoms with Crippen LogP contribution in [0.4, 0.5) is 4.39 Å². The summed E-state index contributed by atoms with van der Waals surface area (Å²) < 4.78 is 23.4. The molecule has 1 N–H and O–H groups in total. The van der Waals surface area contributed by atoms with Gasteiger partial charge in [0, 0.05) is 5.69 Å². The fourth-order valence-electron chi connectivity index (χ4n) is 2.82. The Balaban J connectivity index is 2.10. The molecule has 27 heavy (non-hydrogen) atoms. The van der Waals surface area contributed by atoms with Crippen molar-refractivity contribution in [1.29, 1.82) is 0 Å². The molecular formula is C20H22FNO5. The van der Waals surface area contributed by atoms with E-state index in [2.05, 4.69) is 4.98 Å². The van der Waals surface area contributed by atoms with Gasteiger partial charge < -0.3 is 14.5 Å². The van der Waals surface area contributed by atoms with Crippen LogP contribution in [-0.4, -0.2) is 35.4 Å². The Kier molecular flexibility index (Phi) is 6.50. The number of halogens is 1. The molecule has 1 aromatic heterocycles. The number of hydrogen-bond acceptors (Lipinski definition) is 5. The number of esters is 2. The Labute approximate surface area is 156 Å². The molecule has 1 atom stereocenters. The van der Waals surface area contributed by atoms with Crippen molar-refractivity contribution >= 4 is 17.7 Å². The summed E-state index contributed by atoms with van der Waals surface area (Å²) in [7, 11) is 0. The van der Waals surface area contributed by atoms with Gasteiger partial charge in [0.25, 0.3) is 0 Å². The minimum atomic E-state index is -1.06.